The number of aliphatic hydroxyl groups is 2. The van der Waals surface area contributed by atoms with E-state index >= 15 is 0 Å². The minimum atomic E-state index is -0.728. The van der Waals surface area contributed by atoms with E-state index in [-0.39, 0.29) is 18.4 Å². The molecule has 0 spiro atoms. The van der Waals surface area contributed by atoms with Crippen LogP contribution in [0, 0.1) is 17.8 Å². The van der Waals surface area contributed by atoms with E-state index in [9.17, 15) is 15.0 Å². The van der Waals surface area contributed by atoms with Crippen molar-refractivity contribution in [3.63, 3.8) is 0 Å². The van der Waals surface area contributed by atoms with Crippen molar-refractivity contribution in [3.05, 3.63) is 23.8 Å². The Hall–Kier alpha value is -1.13. The fourth-order valence-electron chi connectivity index (χ4n) is 4.81. The van der Waals surface area contributed by atoms with Crippen LogP contribution in [-0.2, 0) is 4.79 Å². The number of carbonyl (C=O) groups is 1. The zero-order chi connectivity index (χ0) is 19.6. The van der Waals surface area contributed by atoms with Gasteiger partial charge >= 0.3 is 5.97 Å². The maximum absolute atomic E-state index is 10.6. The Kier molecular flexibility index (Phi) is 9.57. The first-order chi connectivity index (χ1) is 13.0. The van der Waals surface area contributed by atoms with Crippen molar-refractivity contribution in [2.45, 2.75) is 96.2 Å². The van der Waals surface area contributed by atoms with Gasteiger partial charge in [-0.2, -0.15) is 0 Å². The largest absolute Gasteiger partial charge is 0.481 e. The van der Waals surface area contributed by atoms with Gasteiger partial charge in [-0.15, -0.1) is 0 Å². The lowest BCUT2D eigenvalue weighted by molar-refractivity contribution is -0.137. The van der Waals surface area contributed by atoms with E-state index in [1.54, 1.807) is 0 Å². The lowest BCUT2D eigenvalue weighted by Gasteiger charge is -2.17. The molecule has 154 valence electrons. The number of allylic oxidation sites excluding steroid dienone is 2. The van der Waals surface area contributed by atoms with Gasteiger partial charge in [0.05, 0.1) is 12.2 Å². The van der Waals surface area contributed by atoms with Gasteiger partial charge in [0.1, 0.15) is 0 Å². The fourth-order valence-corrected chi connectivity index (χ4v) is 4.81. The predicted molar refractivity (Wildman–Crippen MR) is 108 cm³/mol. The molecule has 27 heavy (non-hydrogen) atoms. The van der Waals surface area contributed by atoms with Crippen molar-refractivity contribution in [1.82, 2.24) is 0 Å². The van der Waals surface area contributed by atoms with E-state index < -0.39 is 12.1 Å². The number of hydrogen-bond acceptors (Lipinski definition) is 3. The van der Waals surface area contributed by atoms with Crippen LogP contribution in [-0.4, -0.2) is 33.5 Å². The number of carboxylic acid groups (broad SMARTS) is 1. The smallest absolute Gasteiger partial charge is 0.303 e. The predicted octanol–water partition coefficient (Wildman–Crippen LogP) is 4.85. The van der Waals surface area contributed by atoms with Crippen LogP contribution in [0.25, 0.3) is 0 Å². The number of aliphatic carboxylic acids is 1. The Labute approximate surface area is 164 Å². The average Bonchev–Trinajstić information content (AvgIpc) is 3.13. The van der Waals surface area contributed by atoms with Crippen molar-refractivity contribution in [2.24, 2.45) is 17.8 Å². The number of rotatable bonds is 12. The van der Waals surface area contributed by atoms with Crippen molar-refractivity contribution < 1.29 is 20.1 Å². The van der Waals surface area contributed by atoms with Gasteiger partial charge in [-0.05, 0) is 50.4 Å². The van der Waals surface area contributed by atoms with Crippen molar-refractivity contribution >= 4 is 5.97 Å². The average molecular weight is 379 g/mol. The topological polar surface area (TPSA) is 77.8 Å². The quantitative estimate of drug-likeness (QED) is 0.335. The third-order valence-corrected chi connectivity index (χ3v) is 6.30. The van der Waals surface area contributed by atoms with Crippen molar-refractivity contribution in [2.75, 3.05) is 0 Å². The van der Waals surface area contributed by atoms with Crippen molar-refractivity contribution in [1.29, 1.82) is 0 Å². The van der Waals surface area contributed by atoms with Crippen LogP contribution in [0.4, 0.5) is 0 Å². The second kappa shape index (κ2) is 11.7. The van der Waals surface area contributed by atoms with Gasteiger partial charge in [-0.25, -0.2) is 0 Å². The summed E-state index contributed by atoms with van der Waals surface area (Å²) in [5.41, 5.74) is 1.43. The van der Waals surface area contributed by atoms with Crippen LogP contribution < -0.4 is 0 Å². The molecule has 5 atom stereocenters. The third kappa shape index (κ3) is 7.42. The zero-order valence-corrected chi connectivity index (χ0v) is 16.9. The molecule has 0 aromatic heterocycles. The SMILES string of the molecule is CCCCCCC[C@@H](O)/C=C/[C@@H]1[C@H]2C/C(=C/CCCC(=O)O)C[C@@H]2C[C@H]1O. The molecule has 0 aliphatic heterocycles. The van der Waals surface area contributed by atoms with E-state index in [0.717, 1.165) is 38.5 Å². The Bertz CT molecular complexity index is 511. The zero-order valence-electron chi connectivity index (χ0n) is 16.9. The molecule has 0 unspecified atom stereocenters. The summed E-state index contributed by atoms with van der Waals surface area (Å²) in [6.07, 6.45) is 17.0. The Morgan fingerprint density at radius 2 is 1.96 bits per heavy atom. The van der Waals surface area contributed by atoms with Gasteiger partial charge in [0, 0.05) is 12.3 Å². The number of hydrogen-bond donors (Lipinski definition) is 3. The van der Waals surface area contributed by atoms with Gasteiger partial charge in [-0.1, -0.05) is 62.8 Å². The highest BCUT2D eigenvalue weighted by molar-refractivity contribution is 5.66. The fraction of sp³-hybridized carbons (Fsp3) is 0.783. The van der Waals surface area contributed by atoms with Gasteiger partial charge in [-0.3, -0.25) is 4.79 Å². The summed E-state index contributed by atoms with van der Waals surface area (Å²) in [6, 6.07) is 0. The third-order valence-electron chi connectivity index (χ3n) is 6.30. The second-order valence-corrected chi connectivity index (χ2v) is 8.52. The molecule has 2 aliphatic carbocycles. The van der Waals surface area contributed by atoms with Crippen LogP contribution >= 0.6 is 0 Å². The molecule has 0 radical (unpaired) electrons. The number of fused-ring (bicyclic) bond motifs is 1. The first-order valence-electron chi connectivity index (χ1n) is 11.0. The van der Waals surface area contributed by atoms with E-state index in [4.69, 9.17) is 5.11 Å². The highest BCUT2D eigenvalue weighted by Gasteiger charge is 2.44. The Morgan fingerprint density at radius 1 is 1.19 bits per heavy atom. The standard InChI is InChI=1S/C23H38O4/c1-2-3-4-5-6-10-19(24)12-13-20-21-15-17(9-7-8-11-23(26)27)14-18(21)16-22(20)25/h9,12-13,18-22,24-25H,2-8,10-11,14-16H2,1H3,(H,26,27)/b13-12+,17-9+/t18-,19-,20-,21+,22-/m1/s1. The van der Waals surface area contributed by atoms with Crippen LogP contribution in [0.3, 0.4) is 0 Å². The second-order valence-electron chi connectivity index (χ2n) is 8.52. The minimum Gasteiger partial charge on any atom is -0.481 e. The number of carboxylic acids is 1. The highest BCUT2D eigenvalue weighted by atomic mass is 16.4. The first kappa shape index (κ1) is 22.2. The van der Waals surface area contributed by atoms with E-state index in [0.29, 0.717) is 18.3 Å². The molecule has 4 nitrogen and oxygen atoms in total. The molecule has 2 aliphatic rings. The van der Waals surface area contributed by atoms with Gasteiger partial charge in [0.25, 0.3) is 0 Å². The summed E-state index contributed by atoms with van der Waals surface area (Å²) >= 11 is 0. The van der Waals surface area contributed by atoms with Crippen LogP contribution in [0.5, 0.6) is 0 Å². The molecule has 2 fully saturated rings. The molecule has 0 aromatic rings. The molecule has 0 amide bonds. The molecule has 4 heteroatoms. The van der Waals surface area contributed by atoms with Gasteiger partial charge < -0.3 is 15.3 Å². The summed E-state index contributed by atoms with van der Waals surface area (Å²) in [5, 5.41) is 29.3. The van der Waals surface area contributed by atoms with Gasteiger partial charge in [0.15, 0.2) is 0 Å². The van der Waals surface area contributed by atoms with E-state index in [2.05, 4.69) is 19.1 Å². The molecule has 2 rings (SSSR count). The van der Waals surface area contributed by atoms with E-state index in [1.807, 2.05) is 6.08 Å². The summed E-state index contributed by atoms with van der Waals surface area (Å²) in [6.45, 7) is 2.21. The molecular formula is C23H38O4. The molecule has 3 N–H and O–H groups in total. The lowest BCUT2D eigenvalue weighted by Crippen LogP contribution is -2.17. The summed E-state index contributed by atoms with van der Waals surface area (Å²) < 4.78 is 0. The molecule has 0 saturated heterocycles. The Morgan fingerprint density at radius 3 is 2.70 bits per heavy atom. The summed E-state index contributed by atoms with van der Waals surface area (Å²) in [4.78, 5) is 10.6. The van der Waals surface area contributed by atoms with E-state index in [1.165, 1.54) is 31.3 Å². The molecule has 2 saturated carbocycles. The minimum absolute atomic E-state index is 0.148. The molecule has 0 bridgehead atoms. The van der Waals surface area contributed by atoms with Gasteiger partial charge in [0.2, 0.25) is 0 Å². The summed E-state index contributed by atoms with van der Waals surface area (Å²) in [7, 11) is 0. The molecule has 0 heterocycles. The Balaban J connectivity index is 1.76. The van der Waals surface area contributed by atoms with Crippen LogP contribution in [0.2, 0.25) is 0 Å². The van der Waals surface area contributed by atoms with Crippen LogP contribution in [0.15, 0.2) is 23.8 Å². The maximum atomic E-state index is 10.6. The highest BCUT2D eigenvalue weighted by Crippen LogP contribution is 2.50. The normalized spacial score (nSPS) is 30.3. The van der Waals surface area contributed by atoms with Crippen molar-refractivity contribution in [3.8, 4) is 0 Å². The lowest BCUT2D eigenvalue weighted by atomic mass is 9.90. The molecular weight excluding hydrogens is 340 g/mol. The maximum Gasteiger partial charge on any atom is 0.303 e. The number of aliphatic hydroxyl groups excluding tert-OH is 2. The first-order valence-corrected chi connectivity index (χ1v) is 11.0. The molecule has 0 aromatic carbocycles. The van der Waals surface area contributed by atoms with Crippen LogP contribution in [0.1, 0.15) is 84.0 Å². The number of unbranched alkanes of at least 4 members (excludes halogenated alkanes) is 5. The monoisotopic (exact) mass is 378 g/mol. The summed E-state index contributed by atoms with van der Waals surface area (Å²) in [5.74, 6) is 0.425.